The van der Waals surface area contributed by atoms with Crippen molar-refractivity contribution in [2.24, 2.45) is 0 Å². The highest BCUT2D eigenvalue weighted by molar-refractivity contribution is 7.16. The van der Waals surface area contributed by atoms with E-state index in [9.17, 15) is 0 Å². The van der Waals surface area contributed by atoms with E-state index in [1.165, 1.54) is 10.4 Å². The number of nitrogens with zero attached hydrogens (tertiary/aromatic N) is 1. The Hall–Kier alpha value is -1.03. The molecule has 0 fully saturated rings. The van der Waals surface area contributed by atoms with Gasteiger partial charge in [-0.1, -0.05) is 23.7 Å². The van der Waals surface area contributed by atoms with Crippen LogP contribution in [0.4, 0.5) is 0 Å². The van der Waals surface area contributed by atoms with Crippen LogP contribution in [0.25, 0.3) is 0 Å². The third kappa shape index (κ3) is 4.82. The van der Waals surface area contributed by atoms with E-state index in [2.05, 4.69) is 30.1 Å². The summed E-state index contributed by atoms with van der Waals surface area (Å²) in [6, 6.07) is 12.4. The second-order valence-electron chi connectivity index (χ2n) is 4.90. The Balaban J connectivity index is 1.71. The van der Waals surface area contributed by atoms with Crippen LogP contribution in [0.15, 0.2) is 36.4 Å². The van der Waals surface area contributed by atoms with Crippen molar-refractivity contribution >= 4 is 22.9 Å². The number of hydrogen-bond acceptors (Lipinski definition) is 3. The van der Waals surface area contributed by atoms with E-state index >= 15 is 0 Å². The van der Waals surface area contributed by atoms with Gasteiger partial charge in [0.1, 0.15) is 5.75 Å². The topological polar surface area (TPSA) is 12.5 Å². The summed E-state index contributed by atoms with van der Waals surface area (Å²) in [6.07, 6.45) is 2.25. The molecular weight excluding hydrogens is 290 g/mol. The lowest BCUT2D eigenvalue weighted by Crippen LogP contribution is -2.18. The SMILES string of the molecule is COc1ccc(CCCN(C)Cc2ccc(Cl)s2)cc1. The van der Waals surface area contributed by atoms with Crippen molar-refractivity contribution < 1.29 is 4.74 Å². The van der Waals surface area contributed by atoms with Crippen molar-refractivity contribution in [2.75, 3.05) is 20.7 Å². The summed E-state index contributed by atoms with van der Waals surface area (Å²) in [5.74, 6) is 0.917. The molecule has 0 N–H and O–H groups in total. The molecule has 1 aromatic heterocycles. The van der Waals surface area contributed by atoms with Gasteiger partial charge < -0.3 is 9.64 Å². The number of ether oxygens (including phenoxy) is 1. The average molecular weight is 310 g/mol. The molecule has 0 aliphatic heterocycles. The first-order valence-electron chi connectivity index (χ1n) is 6.73. The van der Waals surface area contributed by atoms with Gasteiger partial charge >= 0.3 is 0 Å². The van der Waals surface area contributed by atoms with Crippen molar-refractivity contribution in [1.29, 1.82) is 0 Å². The number of rotatable bonds is 7. The van der Waals surface area contributed by atoms with Gasteiger partial charge in [0.2, 0.25) is 0 Å². The van der Waals surface area contributed by atoms with Gasteiger partial charge in [-0.2, -0.15) is 0 Å². The first-order chi connectivity index (χ1) is 9.67. The molecule has 20 heavy (non-hydrogen) atoms. The van der Waals surface area contributed by atoms with Crippen molar-refractivity contribution in [3.8, 4) is 5.75 Å². The lowest BCUT2D eigenvalue weighted by molar-refractivity contribution is 0.325. The highest BCUT2D eigenvalue weighted by Gasteiger charge is 2.03. The summed E-state index contributed by atoms with van der Waals surface area (Å²) in [5.41, 5.74) is 1.36. The predicted molar refractivity (Wildman–Crippen MR) is 87.0 cm³/mol. The van der Waals surface area contributed by atoms with Gasteiger partial charge in [-0.25, -0.2) is 0 Å². The smallest absolute Gasteiger partial charge is 0.118 e. The molecule has 0 atom stereocenters. The van der Waals surface area contributed by atoms with Gasteiger partial charge in [0, 0.05) is 11.4 Å². The highest BCUT2D eigenvalue weighted by atomic mass is 35.5. The van der Waals surface area contributed by atoms with E-state index < -0.39 is 0 Å². The summed E-state index contributed by atoms with van der Waals surface area (Å²) in [5, 5.41) is 0. The minimum atomic E-state index is 0.867. The monoisotopic (exact) mass is 309 g/mol. The van der Waals surface area contributed by atoms with Crippen molar-refractivity contribution in [3.63, 3.8) is 0 Å². The van der Waals surface area contributed by atoms with Crippen molar-refractivity contribution in [2.45, 2.75) is 19.4 Å². The maximum atomic E-state index is 5.94. The van der Waals surface area contributed by atoms with Gasteiger partial charge in [-0.15, -0.1) is 11.3 Å². The van der Waals surface area contributed by atoms with Crippen LogP contribution in [0.5, 0.6) is 5.75 Å². The summed E-state index contributed by atoms with van der Waals surface area (Å²) in [6.45, 7) is 2.06. The molecule has 2 nitrogen and oxygen atoms in total. The van der Waals surface area contributed by atoms with Gasteiger partial charge in [-0.05, 0) is 56.3 Å². The molecule has 0 aliphatic rings. The molecule has 0 unspecified atom stereocenters. The summed E-state index contributed by atoms with van der Waals surface area (Å²) < 4.78 is 6.03. The number of methoxy groups -OCH3 is 1. The zero-order valence-corrected chi connectivity index (χ0v) is 13.5. The fourth-order valence-corrected chi connectivity index (χ4v) is 3.29. The molecule has 2 rings (SSSR count). The van der Waals surface area contributed by atoms with E-state index in [-0.39, 0.29) is 0 Å². The van der Waals surface area contributed by atoms with Gasteiger partial charge in [-0.3, -0.25) is 0 Å². The lowest BCUT2D eigenvalue weighted by atomic mass is 10.1. The Morgan fingerprint density at radius 1 is 1.15 bits per heavy atom. The van der Waals surface area contributed by atoms with Gasteiger partial charge in [0.05, 0.1) is 11.4 Å². The first kappa shape index (κ1) is 15.4. The van der Waals surface area contributed by atoms with Gasteiger partial charge in [0.25, 0.3) is 0 Å². The zero-order valence-electron chi connectivity index (χ0n) is 11.9. The molecule has 0 aliphatic carbocycles. The molecule has 0 bridgehead atoms. The van der Waals surface area contributed by atoms with Crippen LogP contribution in [0.2, 0.25) is 4.34 Å². The summed E-state index contributed by atoms with van der Waals surface area (Å²) in [4.78, 5) is 3.66. The maximum Gasteiger partial charge on any atom is 0.118 e. The number of hydrogen-bond donors (Lipinski definition) is 0. The fourth-order valence-electron chi connectivity index (χ4n) is 2.13. The van der Waals surface area contributed by atoms with Crippen LogP contribution in [-0.2, 0) is 13.0 Å². The first-order valence-corrected chi connectivity index (χ1v) is 7.92. The number of aryl methyl sites for hydroxylation is 1. The summed E-state index contributed by atoms with van der Waals surface area (Å²) in [7, 11) is 3.85. The Kier molecular flexibility index (Phi) is 5.89. The van der Waals surface area contributed by atoms with Crippen LogP contribution in [0.3, 0.4) is 0 Å². The Bertz CT molecular complexity index is 524. The minimum absolute atomic E-state index is 0.867. The second kappa shape index (κ2) is 7.67. The summed E-state index contributed by atoms with van der Waals surface area (Å²) >= 11 is 7.60. The van der Waals surface area contributed by atoms with Crippen LogP contribution in [0.1, 0.15) is 16.9 Å². The number of halogens is 1. The molecule has 0 saturated carbocycles. The standard InChI is InChI=1S/C16H20ClNOS/c1-18(12-15-9-10-16(17)20-15)11-3-4-13-5-7-14(19-2)8-6-13/h5-10H,3-4,11-12H2,1-2H3. The van der Waals surface area contributed by atoms with Crippen LogP contribution in [-0.4, -0.2) is 25.6 Å². The quantitative estimate of drug-likeness (QED) is 0.748. The molecule has 0 saturated heterocycles. The number of thiophene rings is 1. The molecule has 1 aromatic carbocycles. The zero-order chi connectivity index (χ0) is 14.4. The maximum absolute atomic E-state index is 5.94. The van der Waals surface area contributed by atoms with Crippen LogP contribution < -0.4 is 4.74 Å². The van der Waals surface area contributed by atoms with Crippen LogP contribution in [0, 0.1) is 0 Å². The lowest BCUT2D eigenvalue weighted by Gasteiger charge is -2.15. The van der Waals surface area contributed by atoms with E-state index in [0.717, 1.165) is 36.0 Å². The van der Waals surface area contributed by atoms with Crippen molar-refractivity contribution in [3.05, 3.63) is 51.2 Å². The molecule has 4 heteroatoms. The third-order valence-corrected chi connectivity index (χ3v) is 4.43. The molecule has 0 spiro atoms. The second-order valence-corrected chi connectivity index (χ2v) is 6.69. The highest BCUT2D eigenvalue weighted by Crippen LogP contribution is 2.22. The van der Waals surface area contributed by atoms with Crippen molar-refractivity contribution in [1.82, 2.24) is 4.90 Å². The Labute approximate surface area is 129 Å². The molecule has 0 amide bonds. The fraction of sp³-hybridized carbons (Fsp3) is 0.375. The van der Waals surface area contributed by atoms with E-state index in [0.29, 0.717) is 0 Å². The molecular formula is C16H20ClNOS. The number of benzene rings is 1. The molecule has 0 radical (unpaired) electrons. The molecule has 1 heterocycles. The Morgan fingerprint density at radius 2 is 1.90 bits per heavy atom. The minimum Gasteiger partial charge on any atom is -0.497 e. The van der Waals surface area contributed by atoms with Gasteiger partial charge in [0.15, 0.2) is 0 Å². The van der Waals surface area contributed by atoms with E-state index in [4.69, 9.17) is 16.3 Å². The van der Waals surface area contributed by atoms with Crippen LogP contribution >= 0.6 is 22.9 Å². The Morgan fingerprint density at radius 3 is 2.50 bits per heavy atom. The largest absolute Gasteiger partial charge is 0.497 e. The predicted octanol–water partition coefficient (Wildman–Crippen LogP) is 4.47. The third-order valence-electron chi connectivity index (χ3n) is 3.22. The average Bonchev–Trinajstić information content (AvgIpc) is 2.85. The van der Waals surface area contributed by atoms with E-state index in [1.54, 1.807) is 18.4 Å². The molecule has 108 valence electrons. The van der Waals surface area contributed by atoms with E-state index in [1.807, 2.05) is 18.2 Å². The normalized spacial score (nSPS) is 11.0. The molecule has 2 aromatic rings.